The molecule has 0 aliphatic carbocycles. The maximum atomic E-state index is 13.5. The third-order valence-electron chi connectivity index (χ3n) is 3.17. The molecule has 106 valence electrons. The minimum absolute atomic E-state index is 0.205. The zero-order chi connectivity index (χ0) is 13.7. The molecule has 0 bridgehead atoms. The summed E-state index contributed by atoms with van der Waals surface area (Å²) < 4.78 is 19.3. The van der Waals surface area contributed by atoms with E-state index < -0.39 is 0 Å². The van der Waals surface area contributed by atoms with Gasteiger partial charge in [0.15, 0.2) is 0 Å². The standard InChI is InChI=1S/C15H23FN2O/c1-12(2)11-19-15-5-4-13(16)10-14(15)18-8-3-6-17-7-9-18/h4-5,10,12,17H,3,6-9,11H2,1-2H3. The number of halogens is 1. The molecule has 1 aliphatic heterocycles. The number of ether oxygens (including phenoxy) is 1. The fourth-order valence-electron chi connectivity index (χ4n) is 2.20. The quantitative estimate of drug-likeness (QED) is 0.906. The molecule has 1 saturated heterocycles. The lowest BCUT2D eigenvalue weighted by Gasteiger charge is -2.25. The lowest BCUT2D eigenvalue weighted by Crippen LogP contribution is -2.28. The van der Waals surface area contributed by atoms with Gasteiger partial charge in [-0.3, -0.25) is 0 Å². The molecule has 0 spiro atoms. The second kappa shape index (κ2) is 6.75. The highest BCUT2D eigenvalue weighted by Gasteiger charge is 2.15. The summed E-state index contributed by atoms with van der Waals surface area (Å²) in [5, 5.41) is 3.36. The maximum Gasteiger partial charge on any atom is 0.142 e. The molecule has 0 radical (unpaired) electrons. The predicted molar refractivity (Wildman–Crippen MR) is 76.4 cm³/mol. The van der Waals surface area contributed by atoms with Gasteiger partial charge in [-0.1, -0.05) is 13.8 Å². The molecule has 1 aromatic carbocycles. The summed E-state index contributed by atoms with van der Waals surface area (Å²) in [5.74, 6) is 1.05. The Morgan fingerprint density at radius 2 is 2.16 bits per heavy atom. The van der Waals surface area contributed by atoms with Crippen molar-refractivity contribution in [3.05, 3.63) is 24.0 Å². The van der Waals surface area contributed by atoms with E-state index in [1.54, 1.807) is 12.1 Å². The van der Waals surface area contributed by atoms with Crippen LogP contribution in [-0.2, 0) is 0 Å². The van der Waals surface area contributed by atoms with Gasteiger partial charge in [-0.2, -0.15) is 0 Å². The third kappa shape index (κ3) is 4.10. The van der Waals surface area contributed by atoms with Gasteiger partial charge >= 0.3 is 0 Å². The van der Waals surface area contributed by atoms with E-state index in [1.165, 1.54) is 6.07 Å². The Hall–Kier alpha value is -1.29. The highest BCUT2D eigenvalue weighted by Crippen LogP contribution is 2.30. The monoisotopic (exact) mass is 266 g/mol. The average Bonchev–Trinajstić information content (AvgIpc) is 2.65. The normalized spacial score (nSPS) is 16.5. The van der Waals surface area contributed by atoms with Crippen LogP contribution in [0.1, 0.15) is 20.3 Å². The minimum atomic E-state index is -0.205. The Balaban J connectivity index is 2.17. The summed E-state index contributed by atoms with van der Waals surface area (Å²) in [6.45, 7) is 8.66. The topological polar surface area (TPSA) is 24.5 Å². The van der Waals surface area contributed by atoms with Crippen LogP contribution in [0.3, 0.4) is 0 Å². The molecule has 0 amide bonds. The van der Waals surface area contributed by atoms with Gasteiger partial charge in [-0.05, 0) is 31.0 Å². The van der Waals surface area contributed by atoms with Gasteiger partial charge in [-0.15, -0.1) is 0 Å². The van der Waals surface area contributed by atoms with E-state index in [1.807, 2.05) is 0 Å². The molecule has 4 heteroatoms. The molecule has 0 saturated carbocycles. The summed E-state index contributed by atoms with van der Waals surface area (Å²) in [6.07, 6.45) is 1.07. The fourth-order valence-corrected chi connectivity index (χ4v) is 2.20. The number of rotatable bonds is 4. The minimum Gasteiger partial charge on any atom is -0.491 e. The molecule has 3 nitrogen and oxygen atoms in total. The van der Waals surface area contributed by atoms with Crippen LogP contribution in [0.4, 0.5) is 10.1 Å². The van der Waals surface area contributed by atoms with E-state index in [4.69, 9.17) is 4.74 Å². The molecule has 1 fully saturated rings. The van der Waals surface area contributed by atoms with E-state index >= 15 is 0 Å². The molecule has 19 heavy (non-hydrogen) atoms. The van der Waals surface area contributed by atoms with Crippen molar-refractivity contribution in [2.45, 2.75) is 20.3 Å². The van der Waals surface area contributed by atoms with Gasteiger partial charge in [0, 0.05) is 25.7 Å². The molecular weight excluding hydrogens is 243 g/mol. The summed E-state index contributed by atoms with van der Waals surface area (Å²) in [7, 11) is 0. The molecule has 0 aromatic heterocycles. The van der Waals surface area contributed by atoms with Gasteiger partial charge in [0.2, 0.25) is 0 Å². The largest absolute Gasteiger partial charge is 0.491 e. The van der Waals surface area contributed by atoms with Gasteiger partial charge in [-0.25, -0.2) is 4.39 Å². The Morgan fingerprint density at radius 3 is 2.95 bits per heavy atom. The maximum absolute atomic E-state index is 13.5. The van der Waals surface area contributed by atoms with Crippen molar-refractivity contribution in [1.29, 1.82) is 0 Å². The fraction of sp³-hybridized carbons (Fsp3) is 0.600. The second-order valence-corrected chi connectivity index (χ2v) is 5.41. The average molecular weight is 266 g/mol. The summed E-state index contributed by atoms with van der Waals surface area (Å²) in [5.41, 5.74) is 0.879. The first-order chi connectivity index (χ1) is 9.16. The molecule has 0 unspecified atom stereocenters. The molecule has 1 aliphatic rings. The van der Waals surface area contributed by atoms with Crippen LogP contribution < -0.4 is 15.0 Å². The van der Waals surface area contributed by atoms with Crippen LogP contribution in [0, 0.1) is 11.7 Å². The Bertz CT molecular complexity index is 401. The van der Waals surface area contributed by atoms with Crippen molar-refractivity contribution in [2.75, 3.05) is 37.7 Å². The van der Waals surface area contributed by atoms with E-state index in [0.717, 1.165) is 44.0 Å². The van der Waals surface area contributed by atoms with Crippen molar-refractivity contribution in [3.63, 3.8) is 0 Å². The first kappa shape index (κ1) is 14.1. The van der Waals surface area contributed by atoms with Crippen LogP contribution in [0.25, 0.3) is 0 Å². The van der Waals surface area contributed by atoms with Crippen LogP contribution in [0.15, 0.2) is 18.2 Å². The van der Waals surface area contributed by atoms with E-state index in [9.17, 15) is 4.39 Å². The van der Waals surface area contributed by atoms with E-state index in [0.29, 0.717) is 12.5 Å². The van der Waals surface area contributed by atoms with Crippen LogP contribution in [0.5, 0.6) is 5.75 Å². The molecule has 1 heterocycles. The number of hydrogen-bond donors (Lipinski definition) is 1. The third-order valence-corrected chi connectivity index (χ3v) is 3.17. The predicted octanol–water partition coefficient (Wildman–Crippen LogP) is 2.66. The zero-order valence-corrected chi connectivity index (χ0v) is 11.8. The Labute approximate surface area is 114 Å². The van der Waals surface area contributed by atoms with Crippen molar-refractivity contribution < 1.29 is 9.13 Å². The van der Waals surface area contributed by atoms with Crippen molar-refractivity contribution in [1.82, 2.24) is 5.32 Å². The van der Waals surface area contributed by atoms with Crippen molar-refractivity contribution in [3.8, 4) is 5.75 Å². The second-order valence-electron chi connectivity index (χ2n) is 5.41. The smallest absolute Gasteiger partial charge is 0.142 e. The van der Waals surface area contributed by atoms with Crippen molar-refractivity contribution in [2.24, 2.45) is 5.92 Å². The lowest BCUT2D eigenvalue weighted by atomic mass is 10.2. The Kier molecular flexibility index (Phi) is 5.02. The van der Waals surface area contributed by atoms with Crippen LogP contribution >= 0.6 is 0 Å². The first-order valence-corrected chi connectivity index (χ1v) is 7.05. The highest BCUT2D eigenvalue weighted by atomic mass is 19.1. The van der Waals surface area contributed by atoms with E-state index in [2.05, 4.69) is 24.1 Å². The number of anilines is 1. The number of benzene rings is 1. The number of hydrogen-bond acceptors (Lipinski definition) is 3. The van der Waals surface area contributed by atoms with Crippen molar-refractivity contribution >= 4 is 5.69 Å². The van der Waals surface area contributed by atoms with Gasteiger partial charge in [0.1, 0.15) is 11.6 Å². The molecule has 1 N–H and O–H groups in total. The SMILES string of the molecule is CC(C)COc1ccc(F)cc1N1CCCNCC1. The highest BCUT2D eigenvalue weighted by molar-refractivity contribution is 5.58. The molecule has 1 aromatic rings. The zero-order valence-electron chi connectivity index (χ0n) is 11.8. The van der Waals surface area contributed by atoms with Crippen LogP contribution in [-0.4, -0.2) is 32.8 Å². The lowest BCUT2D eigenvalue weighted by molar-refractivity contribution is 0.271. The number of nitrogens with one attached hydrogen (secondary N) is 1. The van der Waals surface area contributed by atoms with Gasteiger partial charge < -0.3 is 15.0 Å². The summed E-state index contributed by atoms with van der Waals surface area (Å²) in [4.78, 5) is 2.21. The van der Waals surface area contributed by atoms with Gasteiger partial charge in [0.25, 0.3) is 0 Å². The Morgan fingerprint density at radius 1 is 1.32 bits per heavy atom. The number of nitrogens with zero attached hydrogens (tertiary/aromatic N) is 1. The first-order valence-electron chi connectivity index (χ1n) is 7.05. The molecule has 2 rings (SSSR count). The summed E-state index contributed by atoms with van der Waals surface area (Å²) in [6, 6.07) is 4.79. The molecule has 0 atom stereocenters. The van der Waals surface area contributed by atoms with Crippen LogP contribution in [0.2, 0.25) is 0 Å². The van der Waals surface area contributed by atoms with E-state index in [-0.39, 0.29) is 5.82 Å². The molecular formula is C15H23FN2O. The van der Waals surface area contributed by atoms with Gasteiger partial charge in [0.05, 0.1) is 12.3 Å². The summed E-state index contributed by atoms with van der Waals surface area (Å²) >= 11 is 0.